The number of carbonyl (C=O) groups excluding carboxylic acids is 1. The number of halogens is 1. The first-order valence-corrected chi connectivity index (χ1v) is 9.46. The Kier molecular flexibility index (Phi) is 6.23. The highest BCUT2D eigenvalue weighted by molar-refractivity contribution is 7.99. The van der Waals surface area contributed by atoms with Crippen LogP contribution in [0.15, 0.2) is 28.2 Å². The van der Waals surface area contributed by atoms with E-state index in [1.54, 1.807) is 18.2 Å². The third-order valence-corrected chi connectivity index (χ3v) is 5.11. The van der Waals surface area contributed by atoms with E-state index in [2.05, 4.69) is 15.5 Å². The number of aromatic nitrogens is 3. The van der Waals surface area contributed by atoms with Crippen molar-refractivity contribution >= 4 is 35.0 Å². The molecule has 1 saturated heterocycles. The van der Waals surface area contributed by atoms with Gasteiger partial charge in [0.25, 0.3) is 0 Å². The van der Waals surface area contributed by atoms with Crippen molar-refractivity contribution in [2.45, 2.75) is 30.6 Å². The van der Waals surface area contributed by atoms with Gasteiger partial charge in [0.2, 0.25) is 5.91 Å². The summed E-state index contributed by atoms with van der Waals surface area (Å²) in [6.45, 7) is 1.14. The molecule has 2 heterocycles. The second-order valence-corrected chi connectivity index (χ2v) is 7.12. The molecule has 1 atom stereocenters. The minimum Gasteiger partial charge on any atom is -0.495 e. The fourth-order valence-electron chi connectivity index (χ4n) is 2.66. The number of hydrogen-bond donors (Lipinski definition) is 2. The number of benzene rings is 1. The Morgan fingerprint density at radius 1 is 1.58 bits per heavy atom. The van der Waals surface area contributed by atoms with Gasteiger partial charge in [0, 0.05) is 11.6 Å². The molecule has 1 aliphatic rings. The van der Waals surface area contributed by atoms with Gasteiger partial charge in [0.15, 0.2) is 5.16 Å². The third-order valence-electron chi connectivity index (χ3n) is 3.90. The van der Waals surface area contributed by atoms with E-state index in [1.807, 2.05) is 0 Å². The zero-order valence-corrected chi connectivity index (χ0v) is 15.7. The van der Waals surface area contributed by atoms with Crippen molar-refractivity contribution in [3.8, 4) is 5.75 Å². The summed E-state index contributed by atoms with van der Waals surface area (Å²) >= 11 is 7.13. The molecule has 0 radical (unpaired) electrons. The van der Waals surface area contributed by atoms with Crippen LogP contribution in [0.25, 0.3) is 0 Å². The SMILES string of the molecule is COc1ccc(Cl)cc1NC(=O)CSc1n[nH]c(=O)n1C[C@@H]1CCCO1. The lowest BCUT2D eigenvalue weighted by atomic mass is 10.2. The summed E-state index contributed by atoms with van der Waals surface area (Å²) < 4.78 is 12.3. The van der Waals surface area contributed by atoms with Gasteiger partial charge in [-0.1, -0.05) is 23.4 Å². The Morgan fingerprint density at radius 2 is 2.42 bits per heavy atom. The van der Waals surface area contributed by atoms with Gasteiger partial charge in [-0.3, -0.25) is 9.36 Å². The summed E-state index contributed by atoms with van der Waals surface area (Å²) in [6, 6.07) is 4.97. The van der Waals surface area contributed by atoms with Gasteiger partial charge in [-0.2, -0.15) is 0 Å². The molecule has 1 aliphatic heterocycles. The number of hydrogen-bond acceptors (Lipinski definition) is 6. The average molecular weight is 399 g/mol. The maximum atomic E-state index is 12.2. The molecular weight excluding hydrogens is 380 g/mol. The van der Waals surface area contributed by atoms with Gasteiger partial charge < -0.3 is 14.8 Å². The molecule has 2 N–H and O–H groups in total. The van der Waals surface area contributed by atoms with Crippen molar-refractivity contribution in [1.29, 1.82) is 0 Å². The summed E-state index contributed by atoms with van der Waals surface area (Å²) in [4.78, 5) is 24.2. The van der Waals surface area contributed by atoms with Crippen LogP contribution in [-0.2, 0) is 16.1 Å². The number of nitrogens with one attached hydrogen (secondary N) is 2. The number of rotatable bonds is 7. The van der Waals surface area contributed by atoms with Crippen LogP contribution >= 0.6 is 23.4 Å². The molecule has 0 unspecified atom stereocenters. The monoisotopic (exact) mass is 398 g/mol. The molecule has 10 heteroatoms. The quantitative estimate of drug-likeness (QED) is 0.693. The number of nitrogens with zero attached hydrogens (tertiary/aromatic N) is 2. The van der Waals surface area contributed by atoms with Crippen molar-refractivity contribution in [3.63, 3.8) is 0 Å². The summed E-state index contributed by atoms with van der Waals surface area (Å²) in [6.07, 6.45) is 1.91. The number of methoxy groups -OCH3 is 1. The molecular formula is C16H19ClN4O4S. The van der Waals surface area contributed by atoms with Crippen LogP contribution in [0.4, 0.5) is 5.69 Å². The van der Waals surface area contributed by atoms with Crippen LogP contribution in [0.1, 0.15) is 12.8 Å². The Balaban J connectivity index is 1.61. The van der Waals surface area contributed by atoms with Crippen molar-refractivity contribution < 1.29 is 14.3 Å². The highest BCUT2D eigenvalue weighted by atomic mass is 35.5. The third kappa shape index (κ3) is 4.60. The number of thioether (sulfide) groups is 1. The highest BCUT2D eigenvalue weighted by Crippen LogP contribution is 2.28. The van der Waals surface area contributed by atoms with E-state index in [0.717, 1.165) is 12.8 Å². The number of carbonyl (C=O) groups is 1. The molecule has 0 saturated carbocycles. The number of ether oxygens (including phenoxy) is 2. The maximum absolute atomic E-state index is 12.2. The number of amides is 1. The van der Waals surface area contributed by atoms with Gasteiger partial charge >= 0.3 is 5.69 Å². The minimum absolute atomic E-state index is 0.00852. The number of H-pyrrole nitrogens is 1. The van der Waals surface area contributed by atoms with E-state index in [0.29, 0.717) is 34.8 Å². The second kappa shape index (κ2) is 8.61. The van der Waals surface area contributed by atoms with E-state index >= 15 is 0 Å². The number of anilines is 1. The molecule has 0 spiro atoms. The molecule has 1 fully saturated rings. The molecule has 0 aliphatic carbocycles. The predicted molar refractivity (Wildman–Crippen MR) is 99.2 cm³/mol. The van der Waals surface area contributed by atoms with Gasteiger partial charge in [0.05, 0.1) is 31.2 Å². The summed E-state index contributed by atoms with van der Waals surface area (Å²) in [7, 11) is 1.52. The van der Waals surface area contributed by atoms with Gasteiger partial charge in [-0.25, -0.2) is 9.89 Å². The van der Waals surface area contributed by atoms with Crippen LogP contribution in [0.5, 0.6) is 5.75 Å². The first-order chi connectivity index (χ1) is 12.6. The first-order valence-electron chi connectivity index (χ1n) is 8.10. The molecule has 0 bridgehead atoms. The zero-order chi connectivity index (χ0) is 18.5. The molecule has 2 aromatic rings. The largest absolute Gasteiger partial charge is 0.495 e. The van der Waals surface area contributed by atoms with Crippen LogP contribution in [0.3, 0.4) is 0 Å². The van der Waals surface area contributed by atoms with E-state index in [9.17, 15) is 9.59 Å². The standard InChI is InChI=1S/C16H19ClN4O4S/c1-24-13-5-4-10(17)7-12(13)18-14(22)9-26-16-20-19-15(23)21(16)8-11-3-2-6-25-11/h4-5,7,11H,2-3,6,8-9H2,1H3,(H,18,22)(H,19,23)/t11-/m0/s1. The molecule has 1 aromatic heterocycles. The Bertz CT molecular complexity index is 832. The number of aromatic amines is 1. The summed E-state index contributed by atoms with van der Waals surface area (Å²) in [5, 5.41) is 10.1. The lowest BCUT2D eigenvalue weighted by Crippen LogP contribution is -2.25. The maximum Gasteiger partial charge on any atom is 0.344 e. The van der Waals surface area contributed by atoms with E-state index in [1.165, 1.54) is 23.4 Å². The molecule has 26 heavy (non-hydrogen) atoms. The molecule has 140 valence electrons. The van der Waals surface area contributed by atoms with Crippen molar-refractivity contribution in [2.24, 2.45) is 0 Å². The lowest BCUT2D eigenvalue weighted by Gasteiger charge is -2.12. The van der Waals surface area contributed by atoms with Crippen LogP contribution in [-0.4, -0.2) is 46.2 Å². The van der Waals surface area contributed by atoms with Crippen LogP contribution in [0, 0.1) is 0 Å². The Morgan fingerprint density at radius 3 is 3.15 bits per heavy atom. The fourth-order valence-corrected chi connectivity index (χ4v) is 3.59. The zero-order valence-electron chi connectivity index (χ0n) is 14.2. The normalized spacial score (nSPS) is 16.6. The highest BCUT2D eigenvalue weighted by Gasteiger charge is 2.20. The van der Waals surface area contributed by atoms with Crippen LogP contribution < -0.4 is 15.7 Å². The Labute approximate surface area is 159 Å². The van der Waals surface area contributed by atoms with Crippen molar-refractivity contribution in [1.82, 2.24) is 14.8 Å². The smallest absolute Gasteiger partial charge is 0.344 e. The molecule has 8 nitrogen and oxygen atoms in total. The van der Waals surface area contributed by atoms with E-state index in [4.69, 9.17) is 21.1 Å². The molecule has 3 rings (SSSR count). The van der Waals surface area contributed by atoms with Crippen molar-refractivity contribution in [3.05, 3.63) is 33.7 Å². The minimum atomic E-state index is -0.306. The van der Waals surface area contributed by atoms with Crippen LogP contribution in [0.2, 0.25) is 5.02 Å². The molecule has 1 amide bonds. The average Bonchev–Trinajstić information content (AvgIpc) is 3.25. The second-order valence-electron chi connectivity index (χ2n) is 5.74. The van der Waals surface area contributed by atoms with Gasteiger partial charge in [-0.05, 0) is 31.0 Å². The van der Waals surface area contributed by atoms with Gasteiger partial charge in [-0.15, -0.1) is 5.10 Å². The topological polar surface area (TPSA) is 98.2 Å². The fraction of sp³-hybridized carbons (Fsp3) is 0.438. The molecule has 1 aromatic carbocycles. The van der Waals surface area contributed by atoms with E-state index in [-0.39, 0.29) is 23.5 Å². The predicted octanol–water partition coefficient (Wildman–Crippen LogP) is 2.14. The van der Waals surface area contributed by atoms with Gasteiger partial charge in [0.1, 0.15) is 5.75 Å². The Hall–Kier alpha value is -1.97. The summed E-state index contributed by atoms with van der Waals surface area (Å²) in [5.41, 5.74) is 0.185. The first kappa shape index (κ1) is 18.8. The summed E-state index contributed by atoms with van der Waals surface area (Å²) in [5.74, 6) is 0.350. The van der Waals surface area contributed by atoms with E-state index < -0.39 is 0 Å². The van der Waals surface area contributed by atoms with Crippen molar-refractivity contribution in [2.75, 3.05) is 24.8 Å². The lowest BCUT2D eigenvalue weighted by molar-refractivity contribution is -0.113.